The van der Waals surface area contributed by atoms with Gasteiger partial charge in [-0.2, -0.15) is 0 Å². The predicted octanol–water partition coefficient (Wildman–Crippen LogP) is 3.28. The molecule has 0 bridgehead atoms. The molecular formula is C13H12Cl2N2O3S. The molecule has 0 saturated carbocycles. The van der Waals surface area contributed by atoms with Crippen LogP contribution in [0.15, 0.2) is 41.3 Å². The first-order chi connectivity index (χ1) is 9.81. The molecular weight excluding hydrogens is 335 g/mol. The van der Waals surface area contributed by atoms with E-state index < -0.39 is 10.0 Å². The van der Waals surface area contributed by atoms with Crippen LogP contribution in [0.4, 0.5) is 5.69 Å². The summed E-state index contributed by atoms with van der Waals surface area (Å²) in [6, 6.07) is 9.02. The summed E-state index contributed by atoms with van der Waals surface area (Å²) < 4.78 is 31.2. The number of nitrogen functional groups attached to an aromatic ring is 1. The molecule has 2 rings (SSSR count). The summed E-state index contributed by atoms with van der Waals surface area (Å²) >= 11 is 11.7. The second-order valence-corrected chi connectivity index (χ2v) is 6.84. The normalized spacial score (nSPS) is 11.4. The number of nitrogens with two attached hydrogens (primary N) is 1. The zero-order valence-electron chi connectivity index (χ0n) is 10.9. The summed E-state index contributed by atoms with van der Waals surface area (Å²) in [6.07, 6.45) is 0. The number of halogens is 2. The Morgan fingerprint density at radius 3 is 2.19 bits per heavy atom. The van der Waals surface area contributed by atoms with Crippen molar-refractivity contribution in [2.45, 2.75) is 4.90 Å². The molecule has 0 aliphatic carbocycles. The number of rotatable bonds is 4. The summed E-state index contributed by atoms with van der Waals surface area (Å²) in [7, 11) is -2.29. The van der Waals surface area contributed by atoms with Gasteiger partial charge in [0, 0.05) is 16.1 Å². The topological polar surface area (TPSA) is 81.4 Å². The number of benzene rings is 2. The number of anilines is 1. The summed E-state index contributed by atoms with van der Waals surface area (Å²) in [5.41, 5.74) is 5.82. The summed E-state index contributed by atoms with van der Waals surface area (Å²) in [4.78, 5) is -0.0125. The van der Waals surface area contributed by atoms with Gasteiger partial charge in [-0.3, -0.25) is 0 Å². The SMILES string of the molecule is CNS(=O)(=O)c1ccc(Oc2cc(Cl)cc(Cl)c2)cc1N. The van der Waals surface area contributed by atoms with Crippen LogP contribution in [-0.2, 0) is 10.0 Å². The van der Waals surface area contributed by atoms with Gasteiger partial charge in [-0.05, 0) is 37.4 Å². The molecule has 3 N–H and O–H groups in total. The van der Waals surface area contributed by atoms with Crippen LogP contribution < -0.4 is 15.2 Å². The highest BCUT2D eigenvalue weighted by atomic mass is 35.5. The average Bonchev–Trinajstić information content (AvgIpc) is 2.37. The van der Waals surface area contributed by atoms with Crippen LogP contribution >= 0.6 is 23.2 Å². The van der Waals surface area contributed by atoms with Gasteiger partial charge in [-0.25, -0.2) is 13.1 Å². The van der Waals surface area contributed by atoms with Gasteiger partial charge in [0.05, 0.1) is 5.69 Å². The quantitative estimate of drug-likeness (QED) is 0.832. The van der Waals surface area contributed by atoms with E-state index in [4.69, 9.17) is 33.7 Å². The first-order valence-electron chi connectivity index (χ1n) is 5.79. The van der Waals surface area contributed by atoms with E-state index in [9.17, 15) is 8.42 Å². The second-order valence-electron chi connectivity index (χ2n) is 4.11. The molecule has 0 unspecified atom stereocenters. The standard InChI is InChI=1S/C13H12Cl2N2O3S/c1-17-21(18,19)13-3-2-10(7-12(13)16)20-11-5-8(14)4-9(15)6-11/h2-7,17H,16H2,1H3. The molecule has 5 nitrogen and oxygen atoms in total. The van der Waals surface area contributed by atoms with Crippen LogP contribution in [0.5, 0.6) is 11.5 Å². The molecule has 0 atom stereocenters. The molecule has 0 radical (unpaired) electrons. The fourth-order valence-electron chi connectivity index (χ4n) is 1.67. The minimum absolute atomic E-state index is 0.0125. The van der Waals surface area contributed by atoms with Gasteiger partial charge in [0.15, 0.2) is 0 Å². The van der Waals surface area contributed by atoms with Crippen LogP contribution in [0.25, 0.3) is 0 Å². The summed E-state index contributed by atoms with van der Waals surface area (Å²) in [5, 5.41) is 0.861. The maximum atomic E-state index is 11.7. The first kappa shape index (κ1) is 15.9. The third-order valence-corrected chi connectivity index (χ3v) is 4.54. The van der Waals surface area contributed by atoms with Crippen molar-refractivity contribution >= 4 is 38.9 Å². The minimum atomic E-state index is -3.60. The number of hydrogen-bond acceptors (Lipinski definition) is 4. The van der Waals surface area contributed by atoms with E-state index in [1.54, 1.807) is 18.2 Å². The molecule has 2 aromatic carbocycles. The Morgan fingerprint density at radius 1 is 1.05 bits per heavy atom. The molecule has 0 spiro atoms. The Morgan fingerprint density at radius 2 is 1.67 bits per heavy atom. The van der Waals surface area contributed by atoms with E-state index in [0.717, 1.165) is 0 Å². The third kappa shape index (κ3) is 3.79. The fraction of sp³-hybridized carbons (Fsp3) is 0.0769. The molecule has 0 saturated heterocycles. The zero-order valence-corrected chi connectivity index (χ0v) is 13.3. The fourth-order valence-corrected chi connectivity index (χ4v) is 3.01. The number of ether oxygens (including phenoxy) is 1. The van der Waals surface area contributed by atoms with Crippen LogP contribution in [0, 0.1) is 0 Å². The molecule has 8 heteroatoms. The van der Waals surface area contributed by atoms with Crippen molar-refractivity contribution in [2.75, 3.05) is 12.8 Å². The lowest BCUT2D eigenvalue weighted by molar-refractivity contribution is 0.482. The highest BCUT2D eigenvalue weighted by Crippen LogP contribution is 2.30. The van der Waals surface area contributed by atoms with Crippen molar-refractivity contribution in [3.8, 4) is 11.5 Å². The summed E-state index contributed by atoms with van der Waals surface area (Å²) in [6.45, 7) is 0. The van der Waals surface area contributed by atoms with Gasteiger partial charge >= 0.3 is 0 Å². The lowest BCUT2D eigenvalue weighted by Crippen LogP contribution is -2.19. The van der Waals surface area contributed by atoms with E-state index in [1.165, 1.54) is 25.2 Å². The van der Waals surface area contributed by atoms with Crippen LogP contribution in [0.2, 0.25) is 10.0 Å². The van der Waals surface area contributed by atoms with Crippen molar-refractivity contribution in [2.24, 2.45) is 0 Å². The lowest BCUT2D eigenvalue weighted by Gasteiger charge is -2.10. The second kappa shape index (κ2) is 6.11. The monoisotopic (exact) mass is 346 g/mol. The Balaban J connectivity index is 2.33. The van der Waals surface area contributed by atoms with Gasteiger partial charge < -0.3 is 10.5 Å². The largest absolute Gasteiger partial charge is 0.457 e. The third-order valence-electron chi connectivity index (χ3n) is 2.61. The van der Waals surface area contributed by atoms with Crippen LogP contribution in [-0.4, -0.2) is 15.5 Å². The van der Waals surface area contributed by atoms with Crippen molar-refractivity contribution in [1.82, 2.24) is 4.72 Å². The van der Waals surface area contributed by atoms with Gasteiger partial charge in [0.25, 0.3) is 0 Å². The number of nitrogens with one attached hydrogen (secondary N) is 1. The Labute approximate surface area is 132 Å². The first-order valence-corrected chi connectivity index (χ1v) is 8.03. The average molecular weight is 347 g/mol. The number of sulfonamides is 1. The minimum Gasteiger partial charge on any atom is -0.457 e. The maximum Gasteiger partial charge on any atom is 0.242 e. The Hall–Kier alpha value is -1.47. The van der Waals surface area contributed by atoms with Crippen molar-refractivity contribution in [3.63, 3.8) is 0 Å². The summed E-state index contributed by atoms with van der Waals surface area (Å²) in [5.74, 6) is 0.803. The van der Waals surface area contributed by atoms with Crippen LogP contribution in [0.1, 0.15) is 0 Å². The van der Waals surface area contributed by atoms with E-state index in [1.807, 2.05) is 0 Å². The smallest absolute Gasteiger partial charge is 0.242 e. The Kier molecular flexibility index (Phi) is 4.63. The molecule has 0 aliphatic heterocycles. The highest BCUT2D eigenvalue weighted by Gasteiger charge is 2.15. The van der Waals surface area contributed by atoms with E-state index in [0.29, 0.717) is 21.5 Å². The van der Waals surface area contributed by atoms with Gasteiger partial charge in [0.1, 0.15) is 16.4 Å². The van der Waals surface area contributed by atoms with E-state index in [-0.39, 0.29) is 10.6 Å². The molecule has 0 fully saturated rings. The molecule has 0 heterocycles. The van der Waals surface area contributed by atoms with E-state index >= 15 is 0 Å². The van der Waals surface area contributed by atoms with Gasteiger partial charge in [-0.15, -0.1) is 0 Å². The molecule has 112 valence electrons. The molecule has 21 heavy (non-hydrogen) atoms. The van der Waals surface area contributed by atoms with Gasteiger partial charge in [-0.1, -0.05) is 23.2 Å². The molecule has 0 aliphatic rings. The molecule has 2 aromatic rings. The predicted molar refractivity (Wildman–Crippen MR) is 83.6 cm³/mol. The molecule has 0 amide bonds. The van der Waals surface area contributed by atoms with Crippen molar-refractivity contribution in [3.05, 3.63) is 46.4 Å². The van der Waals surface area contributed by atoms with Gasteiger partial charge in [0.2, 0.25) is 10.0 Å². The highest BCUT2D eigenvalue weighted by molar-refractivity contribution is 7.89. The lowest BCUT2D eigenvalue weighted by atomic mass is 10.3. The Bertz CT molecular complexity index is 759. The number of hydrogen-bond donors (Lipinski definition) is 2. The zero-order chi connectivity index (χ0) is 15.6. The maximum absolute atomic E-state index is 11.7. The van der Waals surface area contributed by atoms with Crippen LogP contribution in [0.3, 0.4) is 0 Å². The molecule has 0 aromatic heterocycles. The van der Waals surface area contributed by atoms with E-state index in [2.05, 4.69) is 4.72 Å². The van der Waals surface area contributed by atoms with Crippen molar-refractivity contribution < 1.29 is 13.2 Å². The van der Waals surface area contributed by atoms with Crippen molar-refractivity contribution in [1.29, 1.82) is 0 Å².